The van der Waals surface area contributed by atoms with Crippen LogP contribution in [0.3, 0.4) is 0 Å². The van der Waals surface area contributed by atoms with Crippen LogP contribution >= 0.6 is 23.2 Å². The molecule has 0 aliphatic rings. The van der Waals surface area contributed by atoms with Crippen molar-refractivity contribution in [3.63, 3.8) is 0 Å². The number of carbonyl (C=O) groups excluding carboxylic acids is 1. The monoisotopic (exact) mass is 283 g/mol. The van der Waals surface area contributed by atoms with Crippen LogP contribution in [0.5, 0.6) is 0 Å². The molecular formula is C13H11Cl2NO2. The molecule has 18 heavy (non-hydrogen) atoms. The van der Waals surface area contributed by atoms with Gasteiger partial charge in [-0.15, -0.1) is 0 Å². The van der Waals surface area contributed by atoms with Crippen molar-refractivity contribution in [2.24, 2.45) is 0 Å². The van der Waals surface area contributed by atoms with Crippen molar-refractivity contribution in [1.82, 2.24) is 4.90 Å². The predicted molar refractivity (Wildman–Crippen MR) is 71.0 cm³/mol. The number of hydrogen-bond acceptors (Lipinski definition) is 2. The largest absolute Gasteiger partial charge is 0.440 e. The normalized spacial score (nSPS) is 10.4. The molecule has 2 rings (SSSR count). The number of benzene rings is 1. The molecule has 0 saturated carbocycles. The number of rotatable bonds is 3. The summed E-state index contributed by atoms with van der Waals surface area (Å²) in [6.45, 7) is 0.456. The summed E-state index contributed by atoms with van der Waals surface area (Å²) in [6.07, 6.45) is 0. The first-order valence-electron chi connectivity index (χ1n) is 5.31. The predicted octanol–water partition coefficient (Wildman–Crippen LogP) is 3.86. The molecule has 5 heteroatoms. The van der Waals surface area contributed by atoms with E-state index >= 15 is 0 Å². The lowest BCUT2D eigenvalue weighted by Gasteiger charge is -2.15. The Labute approximate surface area is 115 Å². The summed E-state index contributed by atoms with van der Waals surface area (Å²) in [5.74, 6) is 0.00593. The van der Waals surface area contributed by atoms with Gasteiger partial charge in [0.1, 0.15) is 0 Å². The molecule has 1 aromatic carbocycles. The molecule has 0 spiro atoms. The Kier molecular flexibility index (Phi) is 3.94. The van der Waals surface area contributed by atoms with Gasteiger partial charge in [0, 0.05) is 18.6 Å². The summed E-state index contributed by atoms with van der Waals surface area (Å²) >= 11 is 11.5. The summed E-state index contributed by atoms with van der Waals surface area (Å²) in [7, 11) is 1.69. The van der Waals surface area contributed by atoms with E-state index in [4.69, 9.17) is 27.6 Å². The average molecular weight is 284 g/mol. The molecule has 1 heterocycles. The molecule has 0 saturated heterocycles. The molecule has 1 aromatic heterocycles. The molecule has 0 aliphatic heterocycles. The summed E-state index contributed by atoms with van der Waals surface area (Å²) in [4.78, 5) is 13.5. The van der Waals surface area contributed by atoms with Crippen LogP contribution in [-0.2, 0) is 6.54 Å². The standard InChI is InChI=1S/C13H11Cl2NO2/c1-16(8-9-3-2-4-10(14)7-9)13(17)11-5-6-12(15)18-11/h2-7H,8H2,1H3. The molecule has 1 amide bonds. The SMILES string of the molecule is CN(Cc1cccc(Cl)c1)C(=O)c1ccc(Cl)o1. The summed E-state index contributed by atoms with van der Waals surface area (Å²) < 4.78 is 5.08. The molecule has 94 valence electrons. The van der Waals surface area contributed by atoms with E-state index in [9.17, 15) is 4.79 Å². The van der Waals surface area contributed by atoms with Crippen molar-refractivity contribution in [3.05, 3.63) is 58.0 Å². The first-order chi connectivity index (χ1) is 8.56. The molecule has 0 atom stereocenters. The lowest BCUT2D eigenvalue weighted by atomic mass is 10.2. The Morgan fingerprint density at radius 2 is 2.06 bits per heavy atom. The highest BCUT2D eigenvalue weighted by molar-refractivity contribution is 6.30. The molecule has 0 radical (unpaired) electrons. The van der Waals surface area contributed by atoms with Gasteiger partial charge in [0.25, 0.3) is 5.91 Å². The van der Waals surface area contributed by atoms with Crippen LogP contribution < -0.4 is 0 Å². The minimum Gasteiger partial charge on any atom is -0.440 e. The van der Waals surface area contributed by atoms with E-state index in [0.29, 0.717) is 11.6 Å². The Morgan fingerprint density at radius 3 is 2.67 bits per heavy atom. The van der Waals surface area contributed by atoms with Gasteiger partial charge < -0.3 is 9.32 Å². The Bertz CT molecular complexity index is 566. The van der Waals surface area contributed by atoms with E-state index in [0.717, 1.165) is 5.56 Å². The number of furan rings is 1. The first kappa shape index (κ1) is 13.0. The van der Waals surface area contributed by atoms with E-state index in [-0.39, 0.29) is 16.9 Å². The lowest BCUT2D eigenvalue weighted by Crippen LogP contribution is -2.25. The maximum Gasteiger partial charge on any atom is 0.289 e. The molecule has 3 nitrogen and oxygen atoms in total. The molecule has 0 bridgehead atoms. The highest BCUT2D eigenvalue weighted by atomic mass is 35.5. The van der Waals surface area contributed by atoms with Crippen molar-refractivity contribution in [3.8, 4) is 0 Å². The fourth-order valence-corrected chi connectivity index (χ4v) is 1.96. The van der Waals surface area contributed by atoms with Crippen molar-refractivity contribution in [1.29, 1.82) is 0 Å². The zero-order chi connectivity index (χ0) is 13.1. The van der Waals surface area contributed by atoms with Crippen LogP contribution in [0, 0.1) is 0 Å². The van der Waals surface area contributed by atoms with Gasteiger partial charge in [-0.1, -0.05) is 23.7 Å². The van der Waals surface area contributed by atoms with Crippen molar-refractivity contribution in [2.45, 2.75) is 6.54 Å². The van der Waals surface area contributed by atoms with Crippen LogP contribution in [0.15, 0.2) is 40.8 Å². The number of hydrogen-bond donors (Lipinski definition) is 0. The van der Waals surface area contributed by atoms with Crippen molar-refractivity contribution < 1.29 is 9.21 Å². The van der Waals surface area contributed by atoms with Crippen LogP contribution in [-0.4, -0.2) is 17.9 Å². The second-order valence-electron chi connectivity index (χ2n) is 3.89. The van der Waals surface area contributed by atoms with Gasteiger partial charge in [0.2, 0.25) is 0 Å². The fourth-order valence-electron chi connectivity index (χ4n) is 1.60. The van der Waals surface area contributed by atoms with E-state index in [1.807, 2.05) is 18.2 Å². The second kappa shape index (κ2) is 5.46. The van der Waals surface area contributed by atoms with Gasteiger partial charge in [-0.25, -0.2) is 0 Å². The maximum absolute atomic E-state index is 12.0. The average Bonchev–Trinajstić information content (AvgIpc) is 2.75. The number of amides is 1. The minimum atomic E-state index is -0.220. The summed E-state index contributed by atoms with van der Waals surface area (Å²) in [5, 5.41) is 0.851. The third kappa shape index (κ3) is 3.06. The van der Waals surface area contributed by atoms with Crippen LogP contribution in [0.25, 0.3) is 0 Å². The number of carbonyl (C=O) groups is 1. The van der Waals surface area contributed by atoms with Gasteiger partial charge in [0.05, 0.1) is 0 Å². The van der Waals surface area contributed by atoms with E-state index in [1.165, 1.54) is 0 Å². The number of nitrogens with zero attached hydrogens (tertiary/aromatic N) is 1. The van der Waals surface area contributed by atoms with E-state index in [2.05, 4.69) is 0 Å². The van der Waals surface area contributed by atoms with Crippen molar-refractivity contribution >= 4 is 29.1 Å². The molecule has 2 aromatic rings. The molecular weight excluding hydrogens is 273 g/mol. The third-order valence-electron chi connectivity index (χ3n) is 2.44. The first-order valence-corrected chi connectivity index (χ1v) is 6.07. The van der Waals surface area contributed by atoms with Crippen LogP contribution in [0.2, 0.25) is 10.2 Å². The zero-order valence-corrected chi connectivity index (χ0v) is 11.2. The highest BCUT2D eigenvalue weighted by Gasteiger charge is 2.15. The maximum atomic E-state index is 12.0. The molecule has 0 N–H and O–H groups in total. The van der Waals surface area contributed by atoms with Crippen LogP contribution in [0.4, 0.5) is 0 Å². The number of halogens is 2. The molecule has 0 unspecified atom stereocenters. The second-order valence-corrected chi connectivity index (χ2v) is 4.70. The van der Waals surface area contributed by atoms with Gasteiger partial charge >= 0.3 is 0 Å². The van der Waals surface area contributed by atoms with Crippen LogP contribution in [0.1, 0.15) is 16.1 Å². The van der Waals surface area contributed by atoms with Crippen molar-refractivity contribution in [2.75, 3.05) is 7.05 Å². The quantitative estimate of drug-likeness (QED) is 0.857. The molecule has 0 aliphatic carbocycles. The zero-order valence-electron chi connectivity index (χ0n) is 9.69. The summed E-state index contributed by atoms with van der Waals surface area (Å²) in [6, 6.07) is 10.5. The van der Waals surface area contributed by atoms with E-state index in [1.54, 1.807) is 30.1 Å². The minimum absolute atomic E-state index is 0.203. The molecule has 0 fully saturated rings. The Hall–Kier alpha value is -1.45. The Morgan fingerprint density at radius 1 is 1.28 bits per heavy atom. The van der Waals surface area contributed by atoms with Gasteiger partial charge in [-0.05, 0) is 41.4 Å². The summed E-state index contributed by atoms with van der Waals surface area (Å²) in [5.41, 5.74) is 0.955. The van der Waals surface area contributed by atoms with Gasteiger partial charge in [-0.3, -0.25) is 4.79 Å². The smallest absolute Gasteiger partial charge is 0.289 e. The van der Waals surface area contributed by atoms with E-state index < -0.39 is 0 Å². The van der Waals surface area contributed by atoms with Gasteiger partial charge in [-0.2, -0.15) is 0 Å². The Balaban J connectivity index is 2.08. The highest BCUT2D eigenvalue weighted by Crippen LogP contribution is 2.17. The van der Waals surface area contributed by atoms with Gasteiger partial charge in [0.15, 0.2) is 11.0 Å². The third-order valence-corrected chi connectivity index (χ3v) is 2.88. The lowest BCUT2D eigenvalue weighted by molar-refractivity contribution is 0.0753. The fraction of sp³-hybridized carbons (Fsp3) is 0.154. The topological polar surface area (TPSA) is 33.5 Å².